The van der Waals surface area contributed by atoms with Crippen LogP contribution in [0.3, 0.4) is 0 Å². The number of aryl methyl sites for hydroxylation is 2. The van der Waals surface area contributed by atoms with Crippen LogP contribution in [-0.2, 0) is 0 Å². The summed E-state index contributed by atoms with van der Waals surface area (Å²) in [6.45, 7) is 4.03. The summed E-state index contributed by atoms with van der Waals surface area (Å²) in [6, 6.07) is 15.6. The summed E-state index contributed by atoms with van der Waals surface area (Å²) in [5, 5.41) is 19.1. The summed E-state index contributed by atoms with van der Waals surface area (Å²) >= 11 is 0. The lowest BCUT2D eigenvalue weighted by atomic mass is 9.74. The first-order chi connectivity index (χ1) is 9.06. The fourth-order valence-corrected chi connectivity index (χ4v) is 1.90. The van der Waals surface area contributed by atoms with Crippen LogP contribution in [0.4, 0.5) is 0 Å². The molecule has 0 atom stereocenters. The maximum Gasteiger partial charge on any atom is 0.489 e. The van der Waals surface area contributed by atoms with Gasteiger partial charge in [-0.2, -0.15) is 0 Å². The molecule has 0 aromatic heterocycles. The van der Waals surface area contributed by atoms with Crippen molar-refractivity contribution in [3.8, 4) is 0 Å². The monoisotopic (exact) mass is 252 g/mol. The van der Waals surface area contributed by atoms with Gasteiger partial charge in [0, 0.05) is 0 Å². The Morgan fingerprint density at radius 3 is 1.79 bits per heavy atom. The molecule has 0 fully saturated rings. The Bertz CT molecular complexity index is 569. The van der Waals surface area contributed by atoms with Gasteiger partial charge in [0.1, 0.15) is 0 Å². The summed E-state index contributed by atoms with van der Waals surface area (Å²) in [5.41, 5.74) is 4.60. The minimum atomic E-state index is -1.48. The molecule has 0 aliphatic heterocycles. The summed E-state index contributed by atoms with van der Waals surface area (Å²) in [4.78, 5) is 0. The molecule has 0 spiro atoms. The Hall–Kier alpha value is -1.84. The Balaban J connectivity index is 2.40. The Morgan fingerprint density at radius 1 is 0.842 bits per heavy atom. The van der Waals surface area contributed by atoms with Gasteiger partial charge in [0.15, 0.2) is 0 Å². The van der Waals surface area contributed by atoms with Gasteiger partial charge >= 0.3 is 7.12 Å². The van der Waals surface area contributed by atoms with Crippen LogP contribution < -0.4 is 0 Å². The lowest BCUT2D eigenvalue weighted by Crippen LogP contribution is -2.14. The van der Waals surface area contributed by atoms with E-state index in [0.29, 0.717) is 5.47 Å². The third-order valence-corrected chi connectivity index (χ3v) is 3.06. The molecule has 19 heavy (non-hydrogen) atoms. The van der Waals surface area contributed by atoms with Crippen LogP contribution in [0.1, 0.15) is 22.3 Å². The summed E-state index contributed by atoms with van der Waals surface area (Å²) in [7, 11) is -1.48. The predicted molar refractivity (Wildman–Crippen MR) is 80.4 cm³/mol. The normalized spacial score (nSPS) is 11.5. The first-order valence-electron chi connectivity index (χ1n) is 6.28. The van der Waals surface area contributed by atoms with Crippen molar-refractivity contribution in [3.63, 3.8) is 0 Å². The number of hydrogen-bond acceptors (Lipinski definition) is 2. The average molecular weight is 252 g/mol. The molecule has 0 unspecified atom stereocenters. The van der Waals surface area contributed by atoms with Crippen LogP contribution in [-0.4, -0.2) is 17.2 Å². The standard InChI is InChI=1S/C16H17BO2/c1-12-3-7-14(8-4-12)11-16(17(18)19)15-9-5-13(2)6-10-15/h3-11,18-19H,1-2H3/b16-11-. The third kappa shape index (κ3) is 3.56. The van der Waals surface area contributed by atoms with E-state index in [1.807, 2.05) is 62.4 Å². The van der Waals surface area contributed by atoms with Gasteiger partial charge in [-0.15, -0.1) is 0 Å². The second-order valence-electron chi connectivity index (χ2n) is 4.75. The zero-order valence-electron chi connectivity index (χ0n) is 11.2. The molecule has 0 radical (unpaired) electrons. The van der Waals surface area contributed by atoms with Gasteiger partial charge in [-0.1, -0.05) is 65.7 Å². The first-order valence-corrected chi connectivity index (χ1v) is 6.28. The zero-order valence-corrected chi connectivity index (χ0v) is 11.2. The van der Waals surface area contributed by atoms with E-state index in [0.717, 1.165) is 16.7 Å². The summed E-state index contributed by atoms with van der Waals surface area (Å²) < 4.78 is 0. The van der Waals surface area contributed by atoms with Crippen molar-refractivity contribution in [3.05, 3.63) is 70.8 Å². The number of rotatable bonds is 3. The number of hydrogen-bond donors (Lipinski definition) is 2. The quantitative estimate of drug-likeness (QED) is 0.651. The first kappa shape index (κ1) is 13.6. The molecule has 2 aromatic carbocycles. The van der Waals surface area contributed by atoms with Crippen LogP contribution >= 0.6 is 0 Å². The lowest BCUT2D eigenvalue weighted by molar-refractivity contribution is 0.427. The Kier molecular flexibility index (Phi) is 4.20. The van der Waals surface area contributed by atoms with Crippen molar-refractivity contribution in [1.29, 1.82) is 0 Å². The highest BCUT2D eigenvalue weighted by Crippen LogP contribution is 2.20. The van der Waals surface area contributed by atoms with E-state index in [9.17, 15) is 10.0 Å². The van der Waals surface area contributed by atoms with Crippen LogP contribution in [0, 0.1) is 13.8 Å². The molecule has 0 aliphatic carbocycles. The highest BCUT2D eigenvalue weighted by molar-refractivity contribution is 6.67. The maximum absolute atomic E-state index is 9.54. The zero-order chi connectivity index (χ0) is 13.8. The van der Waals surface area contributed by atoms with Crippen LogP contribution in [0.25, 0.3) is 11.5 Å². The van der Waals surface area contributed by atoms with Gasteiger partial charge in [0.25, 0.3) is 0 Å². The topological polar surface area (TPSA) is 40.5 Å². The van der Waals surface area contributed by atoms with E-state index in [2.05, 4.69) is 0 Å². The molecule has 0 amide bonds. The molecule has 2 rings (SSSR count). The van der Waals surface area contributed by atoms with Gasteiger partial charge in [0.2, 0.25) is 0 Å². The largest absolute Gasteiger partial charge is 0.489 e. The molecule has 0 saturated heterocycles. The van der Waals surface area contributed by atoms with Gasteiger partial charge in [-0.25, -0.2) is 0 Å². The molecule has 2 nitrogen and oxygen atoms in total. The summed E-state index contributed by atoms with van der Waals surface area (Å²) in [5.74, 6) is 0. The SMILES string of the molecule is Cc1ccc(/C=C(\B(O)O)c2ccc(C)cc2)cc1. The predicted octanol–water partition coefficient (Wildman–Crippen LogP) is 2.86. The van der Waals surface area contributed by atoms with Crippen LogP contribution in [0.15, 0.2) is 48.5 Å². The third-order valence-electron chi connectivity index (χ3n) is 3.06. The molecule has 0 heterocycles. The highest BCUT2D eigenvalue weighted by atomic mass is 16.4. The lowest BCUT2D eigenvalue weighted by Gasteiger charge is -2.08. The molecule has 2 aromatic rings. The molecule has 96 valence electrons. The Labute approximate surface area is 114 Å². The molecule has 0 aliphatic rings. The van der Waals surface area contributed by atoms with Gasteiger partial charge in [-0.3, -0.25) is 0 Å². The maximum atomic E-state index is 9.54. The molecular formula is C16H17BO2. The molecule has 0 saturated carbocycles. The smallest absolute Gasteiger partial charge is 0.423 e. The van der Waals surface area contributed by atoms with Crippen molar-refractivity contribution in [2.75, 3.05) is 0 Å². The van der Waals surface area contributed by atoms with E-state index >= 15 is 0 Å². The van der Waals surface area contributed by atoms with Crippen molar-refractivity contribution in [2.45, 2.75) is 13.8 Å². The van der Waals surface area contributed by atoms with Crippen molar-refractivity contribution < 1.29 is 10.0 Å². The second kappa shape index (κ2) is 5.87. The highest BCUT2D eigenvalue weighted by Gasteiger charge is 2.16. The van der Waals surface area contributed by atoms with E-state index in [1.54, 1.807) is 6.08 Å². The van der Waals surface area contributed by atoms with Crippen LogP contribution in [0.5, 0.6) is 0 Å². The molecule has 2 N–H and O–H groups in total. The second-order valence-corrected chi connectivity index (χ2v) is 4.75. The molecular weight excluding hydrogens is 235 g/mol. The van der Waals surface area contributed by atoms with E-state index < -0.39 is 7.12 Å². The summed E-state index contributed by atoms with van der Waals surface area (Å²) in [6.07, 6.45) is 1.80. The van der Waals surface area contributed by atoms with E-state index in [4.69, 9.17) is 0 Å². The van der Waals surface area contributed by atoms with Gasteiger partial charge in [-0.05, 0) is 30.4 Å². The molecule has 0 bridgehead atoms. The Morgan fingerprint density at radius 2 is 1.32 bits per heavy atom. The fraction of sp³-hybridized carbons (Fsp3) is 0.125. The van der Waals surface area contributed by atoms with Gasteiger partial charge in [0.05, 0.1) is 0 Å². The van der Waals surface area contributed by atoms with Crippen molar-refractivity contribution in [1.82, 2.24) is 0 Å². The van der Waals surface area contributed by atoms with Crippen molar-refractivity contribution in [2.24, 2.45) is 0 Å². The van der Waals surface area contributed by atoms with Gasteiger partial charge < -0.3 is 10.0 Å². The number of benzene rings is 2. The van der Waals surface area contributed by atoms with Crippen molar-refractivity contribution >= 4 is 18.7 Å². The van der Waals surface area contributed by atoms with Crippen LogP contribution in [0.2, 0.25) is 0 Å². The fourth-order valence-electron chi connectivity index (χ4n) is 1.90. The van der Waals surface area contributed by atoms with E-state index in [1.165, 1.54) is 5.56 Å². The minimum Gasteiger partial charge on any atom is -0.423 e. The minimum absolute atomic E-state index is 0.504. The average Bonchev–Trinajstić information content (AvgIpc) is 2.39. The van der Waals surface area contributed by atoms with E-state index in [-0.39, 0.29) is 0 Å². The molecule has 3 heteroatoms.